The van der Waals surface area contributed by atoms with Crippen molar-refractivity contribution in [1.82, 2.24) is 19.3 Å². The maximum absolute atomic E-state index is 13.6. The average Bonchev–Trinajstić information content (AvgIpc) is 3.20. The van der Waals surface area contributed by atoms with Gasteiger partial charge in [-0.15, -0.1) is 12.4 Å². The van der Waals surface area contributed by atoms with Crippen LogP contribution in [0.2, 0.25) is 0 Å². The zero-order valence-corrected chi connectivity index (χ0v) is 20.6. The van der Waals surface area contributed by atoms with Gasteiger partial charge in [0.1, 0.15) is 11.3 Å². The molecule has 2 aliphatic rings. The summed E-state index contributed by atoms with van der Waals surface area (Å²) in [5.74, 6) is 1.17. The number of nitrogens with zero attached hydrogens (tertiary/aromatic N) is 3. The van der Waals surface area contributed by atoms with E-state index < -0.39 is 0 Å². The third kappa shape index (κ3) is 4.13. The molecule has 4 aromatic rings. The number of amides is 1. The number of carbonyl (C=O) groups excluding carboxylic acids is 1. The summed E-state index contributed by atoms with van der Waals surface area (Å²) in [5, 5.41) is 0. The van der Waals surface area contributed by atoms with Crippen molar-refractivity contribution < 1.29 is 9.53 Å². The highest BCUT2D eigenvalue weighted by Gasteiger charge is 2.25. The molecule has 0 radical (unpaired) electrons. The van der Waals surface area contributed by atoms with Gasteiger partial charge in [-0.05, 0) is 61.4 Å². The van der Waals surface area contributed by atoms with E-state index in [1.807, 2.05) is 28.4 Å². The fraction of sp³-hybridized carbons (Fsp3) is 0.370. The van der Waals surface area contributed by atoms with E-state index in [0.717, 1.165) is 42.6 Å². The number of aromatic amines is 1. The molecule has 1 fully saturated rings. The Hall–Kier alpha value is -3.16. The molecule has 4 heterocycles. The summed E-state index contributed by atoms with van der Waals surface area (Å²) in [6.07, 6.45) is 5.15. The van der Waals surface area contributed by atoms with Crippen LogP contribution in [0, 0.1) is 6.92 Å². The molecule has 1 amide bonds. The van der Waals surface area contributed by atoms with Gasteiger partial charge in [-0.25, -0.2) is 4.98 Å². The van der Waals surface area contributed by atoms with E-state index in [1.165, 1.54) is 11.1 Å². The SMILES string of the molecule is Cc1cc2c(cc1C(=O)N1CCc3ccccc3CC1)[nH]c(=O)c1cnc(C3CCOCC3)n12.Cl. The van der Waals surface area contributed by atoms with Crippen LogP contribution < -0.4 is 5.56 Å². The number of hydrogen-bond acceptors (Lipinski definition) is 4. The fourth-order valence-electron chi connectivity index (χ4n) is 5.46. The van der Waals surface area contributed by atoms with Crippen LogP contribution in [0.25, 0.3) is 16.6 Å². The fourth-order valence-corrected chi connectivity index (χ4v) is 5.46. The third-order valence-electron chi connectivity index (χ3n) is 7.38. The number of halogens is 1. The van der Waals surface area contributed by atoms with Gasteiger partial charge in [0.2, 0.25) is 0 Å². The third-order valence-corrected chi connectivity index (χ3v) is 7.38. The maximum Gasteiger partial charge on any atom is 0.274 e. The number of rotatable bonds is 2. The van der Waals surface area contributed by atoms with Crippen molar-refractivity contribution in [2.24, 2.45) is 0 Å². The summed E-state index contributed by atoms with van der Waals surface area (Å²) in [6.45, 7) is 4.77. The Morgan fingerprint density at radius 2 is 1.74 bits per heavy atom. The van der Waals surface area contributed by atoms with Gasteiger partial charge < -0.3 is 14.6 Å². The summed E-state index contributed by atoms with van der Waals surface area (Å²) >= 11 is 0. The zero-order valence-electron chi connectivity index (χ0n) is 19.8. The van der Waals surface area contributed by atoms with E-state index in [-0.39, 0.29) is 29.8 Å². The van der Waals surface area contributed by atoms with Crippen molar-refractivity contribution in [2.75, 3.05) is 26.3 Å². The standard InChI is InChI=1S/C27H28N4O3.ClH/c1-17-14-23-22(29-26(32)24-16-28-25(31(23)24)20-8-12-34-13-9-20)15-21(17)27(33)30-10-6-18-4-2-3-5-19(18)7-11-30;/h2-5,14-16,20H,6-13H2,1H3,(H,29,32);1H. The number of aryl methyl sites for hydroxylation is 1. The van der Waals surface area contributed by atoms with Gasteiger partial charge in [-0.1, -0.05) is 24.3 Å². The number of carbonyl (C=O) groups is 1. The van der Waals surface area contributed by atoms with Gasteiger partial charge in [0.25, 0.3) is 11.5 Å². The number of H-pyrrole nitrogens is 1. The first-order chi connectivity index (χ1) is 16.6. The predicted octanol–water partition coefficient (Wildman–Crippen LogP) is 4.04. The second kappa shape index (κ2) is 9.47. The highest BCUT2D eigenvalue weighted by molar-refractivity contribution is 5.99. The average molecular weight is 493 g/mol. The number of aromatic nitrogens is 3. The monoisotopic (exact) mass is 492 g/mol. The molecule has 0 saturated carbocycles. The quantitative estimate of drug-likeness (QED) is 0.458. The Labute approximate surface area is 209 Å². The van der Waals surface area contributed by atoms with E-state index in [0.29, 0.717) is 42.9 Å². The van der Waals surface area contributed by atoms with E-state index >= 15 is 0 Å². The first-order valence-corrected chi connectivity index (χ1v) is 12.1. The van der Waals surface area contributed by atoms with Gasteiger partial charge >= 0.3 is 0 Å². The lowest BCUT2D eigenvalue weighted by Gasteiger charge is -2.23. The number of benzene rings is 2. The highest BCUT2D eigenvalue weighted by atomic mass is 35.5. The molecule has 2 aromatic carbocycles. The second-order valence-electron chi connectivity index (χ2n) is 9.42. The topological polar surface area (TPSA) is 79.7 Å². The molecule has 0 atom stereocenters. The molecule has 2 aromatic heterocycles. The van der Waals surface area contributed by atoms with Crippen molar-refractivity contribution >= 4 is 34.9 Å². The van der Waals surface area contributed by atoms with Crippen LogP contribution in [0.15, 0.2) is 47.4 Å². The Kier molecular flexibility index (Phi) is 6.38. The second-order valence-corrected chi connectivity index (χ2v) is 9.42. The van der Waals surface area contributed by atoms with Gasteiger partial charge in [0, 0.05) is 37.8 Å². The molecule has 8 heteroatoms. The van der Waals surface area contributed by atoms with E-state index in [2.05, 4.69) is 34.2 Å². The van der Waals surface area contributed by atoms with Crippen LogP contribution in [0.4, 0.5) is 0 Å². The Bertz CT molecular complexity index is 1440. The molecule has 2 aliphatic heterocycles. The number of nitrogens with one attached hydrogen (secondary N) is 1. The van der Waals surface area contributed by atoms with Crippen LogP contribution in [0.5, 0.6) is 0 Å². The molecule has 1 saturated heterocycles. The first-order valence-electron chi connectivity index (χ1n) is 12.1. The van der Waals surface area contributed by atoms with Gasteiger partial charge in [0.05, 0.1) is 17.2 Å². The molecule has 182 valence electrons. The Morgan fingerprint density at radius 1 is 1.06 bits per heavy atom. The molecule has 0 aliphatic carbocycles. The van der Waals surface area contributed by atoms with Crippen molar-refractivity contribution in [2.45, 2.75) is 38.5 Å². The van der Waals surface area contributed by atoms with E-state index in [4.69, 9.17) is 4.74 Å². The molecular formula is C27H29ClN4O3. The first kappa shape index (κ1) is 23.6. The highest BCUT2D eigenvalue weighted by Crippen LogP contribution is 2.29. The largest absolute Gasteiger partial charge is 0.381 e. The lowest BCUT2D eigenvalue weighted by Crippen LogP contribution is -2.33. The van der Waals surface area contributed by atoms with Gasteiger partial charge in [-0.2, -0.15) is 0 Å². The Morgan fingerprint density at radius 3 is 2.43 bits per heavy atom. The molecule has 6 rings (SSSR count). The lowest BCUT2D eigenvalue weighted by atomic mass is 9.99. The van der Waals surface area contributed by atoms with Crippen molar-refractivity contribution in [1.29, 1.82) is 0 Å². The molecule has 0 unspecified atom stereocenters. The van der Waals surface area contributed by atoms with E-state index in [9.17, 15) is 9.59 Å². The minimum absolute atomic E-state index is 0. The molecule has 35 heavy (non-hydrogen) atoms. The van der Waals surface area contributed by atoms with Gasteiger partial charge in [-0.3, -0.25) is 14.0 Å². The van der Waals surface area contributed by atoms with Crippen molar-refractivity contribution in [3.8, 4) is 0 Å². The molecular weight excluding hydrogens is 464 g/mol. The van der Waals surface area contributed by atoms with Crippen molar-refractivity contribution in [3.05, 3.63) is 81.0 Å². The predicted molar refractivity (Wildman–Crippen MR) is 138 cm³/mol. The molecule has 0 spiro atoms. The zero-order chi connectivity index (χ0) is 23.2. The molecule has 7 nitrogen and oxygen atoms in total. The van der Waals surface area contributed by atoms with Gasteiger partial charge in [0.15, 0.2) is 0 Å². The minimum Gasteiger partial charge on any atom is -0.381 e. The number of ether oxygens (including phenoxy) is 1. The lowest BCUT2D eigenvalue weighted by molar-refractivity contribution is 0.0762. The Balaban J connectivity index is 0.00000253. The van der Waals surface area contributed by atoms with Crippen LogP contribution in [-0.4, -0.2) is 51.5 Å². The number of hydrogen-bond donors (Lipinski definition) is 1. The summed E-state index contributed by atoms with van der Waals surface area (Å²) in [6, 6.07) is 12.3. The van der Waals surface area contributed by atoms with Crippen LogP contribution in [-0.2, 0) is 17.6 Å². The summed E-state index contributed by atoms with van der Waals surface area (Å²) < 4.78 is 7.50. The minimum atomic E-state index is -0.189. The summed E-state index contributed by atoms with van der Waals surface area (Å²) in [5.41, 5.74) is 6.08. The van der Waals surface area contributed by atoms with Crippen molar-refractivity contribution in [3.63, 3.8) is 0 Å². The van der Waals surface area contributed by atoms with Crippen LogP contribution in [0.1, 0.15) is 51.6 Å². The smallest absolute Gasteiger partial charge is 0.274 e. The summed E-state index contributed by atoms with van der Waals surface area (Å²) in [4.78, 5) is 36.0. The normalized spacial score (nSPS) is 16.7. The van der Waals surface area contributed by atoms with Crippen LogP contribution in [0.3, 0.4) is 0 Å². The molecule has 0 bridgehead atoms. The van der Waals surface area contributed by atoms with E-state index in [1.54, 1.807) is 6.20 Å². The molecule has 1 N–H and O–H groups in total. The maximum atomic E-state index is 13.6. The van der Waals surface area contributed by atoms with Crippen LogP contribution >= 0.6 is 12.4 Å². The summed E-state index contributed by atoms with van der Waals surface area (Å²) in [7, 11) is 0. The number of fused-ring (bicyclic) bond motifs is 4. The number of imidazole rings is 1.